The number of hydrogen-bond acceptors (Lipinski definition) is 2. The number of nitrogens with two attached hydrogens (primary N) is 1. The first-order valence-electron chi connectivity index (χ1n) is 5.99. The zero-order valence-electron chi connectivity index (χ0n) is 9.95. The summed E-state index contributed by atoms with van der Waals surface area (Å²) in [5.41, 5.74) is 5.86. The molecule has 0 aliphatic heterocycles. The summed E-state index contributed by atoms with van der Waals surface area (Å²) in [4.78, 5) is 14.0. The maximum Gasteiger partial charge on any atom is 0.254 e. The molecule has 0 radical (unpaired) electrons. The van der Waals surface area contributed by atoms with Crippen LogP contribution in [0.1, 0.15) is 36.5 Å². The maximum absolute atomic E-state index is 13.3. The molecule has 3 nitrogen and oxygen atoms in total. The standard InChI is InChI=1S/C13H17FN2O/c1-2-7-16(10-4-5-10)13(17)9-3-6-12(15)11(14)8-9/h3,6,8,10H,2,4-5,7,15H2,1H3. The monoisotopic (exact) mass is 236 g/mol. The lowest BCUT2D eigenvalue weighted by atomic mass is 10.1. The smallest absolute Gasteiger partial charge is 0.254 e. The van der Waals surface area contributed by atoms with Crippen molar-refractivity contribution in [2.45, 2.75) is 32.2 Å². The average molecular weight is 236 g/mol. The van der Waals surface area contributed by atoms with Gasteiger partial charge in [-0.25, -0.2) is 4.39 Å². The second-order valence-electron chi connectivity index (χ2n) is 4.47. The number of benzene rings is 1. The van der Waals surface area contributed by atoms with Crippen LogP contribution in [0, 0.1) is 5.82 Å². The van der Waals surface area contributed by atoms with E-state index in [1.54, 1.807) is 6.07 Å². The molecule has 1 saturated carbocycles. The third-order valence-corrected chi connectivity index (χ3v) is 2.96. The molecule has 0 bridgehead atoms. The van der Waals surface area contributed by atoms with Gasteiger partial charge in [-0.1, -0.05) is 6.92 Å². The number of carbonyl (C=O) groups excluding carboxylic acids is 1. The van der Waals surface area contributed by atoms with Gasteiger partial charge < -0.3 is 10.6 Å². The molecule has 1 aliphatic rings. The Balaban J connectivity index is 2.19. The predicted molar refractivity (Wildman–Crippen MR) is 65.2 cm³/mol. The van der Waals surface area contributed by atoms with Crippen molar-refractivity contribution in [3.8, 4) is 0 Å². The molecule has 0 saturated heterocycles. The molecule has 0 spiro atoms. The van der Waals surface area contributed by atoms with E-state index < -0.39 is 5.82 Å². The summed E-state index contributed by atoms with van der Waals surface area (Å²) in [6.07, 6.45) is 3.03. The van der Waals surface area contributed by atoms with Crippen LogP contribution >= 0.6 is 0 Å². The number of nitrogen functional groups attached to an aromatic ring is 1. The van der Waals surface area contributed by atoms with Crippen LogP contribution in [0.2, 0.25) is 0 Å². The summed E-state index contributed by atoms with van der Waals surface area (Å²) in [5.74, 6) is -0.614. The van der Waals surface area contributed by atoms with Gasteiger partial charge in [-0.2, -0.15) is 0 Å². The van der Waals surface area contributed by atoms with E-state index in [4.69, 9.17) is 5.73 Å². The number of rotatable bonds is 4. The number of carbonyl (C=O) groups is 1. The molecule has 1 aliphatic carbocycles. The van der Waals surface area contributed by atoms with E-state index in [1.807, 2.05) is 11.8 Å². The van der Waals surface area contributed by atoms with E-state index in [1.165, 1.54) is 12.1 Å². The Bertz CT molecular complexity index is 429. The van der Waals surface area contributed by atoms with Gasteiger partial charge in [0.05, 0.1) is 5.69 Å². The van der Waals surface area contributed by atoms with Crippen molar-refractivity contribution in [1.82, 2.24) is 4.90 Å². The fourth-order valence-electron chi connectivity index (χ4n) is 1.90. The van der Waals surface area contributed by atoms with Gasteiger partial charge in [-0.05, 0) is 37.5 Å². The Morgan fingerprint density at radius 1 is 1.53 bits per heavy atom. The molecule has 0 unspecified atom stereocenters. The van der Waals surface area contributed by atoms with Crippen molar-refractivity contribution >= 4 is 11.6 Å². The number of anilines is 1. The summed E-state index contributed by atoms with van der Waals surface area (Å²) in [6.45, 7) is 2.77. The minimum absolute atomic E-state index is 0.0787. The van der Waals surface area contributed by atoms with Crippen LogP contribution in [-0.4, -0.2) is 23.4 Å². The molecular formula is C13H17FN2O. The van der Waals surface area contributed by atoms with Crippen LogP contribution in [0.5, 0.6) is 0 Å². The van der Waals surface area contributed by atoms with E-state index >= 15 is 0 Å². The fraction of sp³-hybridized carbons (Fsp3) is 0.462. The molecule has 1 aromatic carbocycles. The van der Waals surface area contributed by atoms with Gasteiger partial charge in [-0.15, -0.1) is 0 Å². The lowest BCUT2D eigenvalue weighted by molar-refractivity contribution is 0.0742. The van der Waals surface area contributed by atoms with Gasteiger partial charge >= 0.3 is 0 Å². The lowest BCUT2D eigenvalue weighted by Gasteiger charge is -2.21. The molecule has 0 atom stereocenters. The van der Waals surface area contributed by atoms with E-state index in [0.29, 0.717) is 11.6 Å². The minimum Gasteiger partial charge on any atom is -0.396 e. The highest BCUT2D eigenvalue weighted by atomic mass is 19.1. The van der Waals surface area contributed by atoms with Crippen molar-refractivity contribution in [1.29, 1.82) is 0 Å². The van der Waals surface area contributed by atoms with Gasteiger partial charge in [-0.3, -0.25) is 4.79 Å². The molecular weight excluding hydrogens is 219 g/mol. The third kappa shape index (κ3) is 2.57. The summed E-state index contributed by atoms with van der Waals surface area (Å²) in [5, 5.41) is 0. The van der Waals surface area contributed by atoms with Crippen LogP contribution in [0.4, 0.5) is 10.1 Å². The lowest BCUT2D eigenvalue weighted by Crippen LogP contribution is -2.33. The average Bonchev–Trinajstić information content (AvgIpc) is 3.13. The first-order chi connectivity index (χ1) is 8.13. The Labute approximate surface area is 100 Å². The largest absolute Gasteiger partial charge is 0.396 e. The topological polar surface area (TPSA) is 46.3 Å². The highest BCUT2D eigenvalue weighted by molar-refractivity contribution is 5.95. The SMILES string of the molecule is CCCN(C(=O)c1ccc(N)c(F)c1)C1CC1. The minimum atomic E-state index is -0.525. The molecule has 4 heteroatoms. The van der Waals surface area contributed by atoms with E-state index in [9.17, 15) is 9.18 Å². The molecule has 1 fully saturated rings. The highest BCUT2D eigenvalue weighted by Gasteiger charge is 2.32. The molecule has 92 valence electrons. The predicted octanol–water partition coefficient (Wildman–Crippen LogP) is 2.42. The number of nitrogens with zero attached hydrogens (tertiary/aromatic N) is 1. The number of halogens is 1. The van der Waals surface area contributed by atoms with Gasteiger partial charge in [0.2, 0.25) is 0 Å². The van der Waals surface area contributed by atoms with Gasteiger partial charge in [0.1, 0.15) is 5.82 Å². The first-order valence-corrected chi connectivity index (χ1v) is 5.99. The molecule has 2 rings (SSSR count). The second kappa shape index (κ2) is 4.73. The quantitative estimate of drug-likeness (QED) is 0.816. The molecule has 2 N–H and O–H groups in total. The van der Waals surface area contributed by atoms with Crippen LogP contribution in [0.25, 0.3) is 0 Å². The number of hydrogen-bond donors (Lipinski definition) is 1. The molecule has 17 heavy (non-hydrogen) atoms. The third-order valence-electron chi connectivity index (χ3n) is 2.96. The van der Waals surface area contributed by atoms with E-state index in [0.717, 1.165) is 25.8 Å². The molecule has 0 aromatic heterocycles. The normalized spacial score (nSPS) is 14.7. The maximum atomic E-state index is 13.3. The summed E-state index contributed by atoms with van der Waals surface area (Å²) in [7, 11) is 0. The number of amides is 1. The highest BCUT2D eigenvalue weighted by Crippen LogP contribution is 2.28. The molecule has 1 amide bonds. The first kappa shape index (κ1) is 11.9. The van der Waals surface area contributed by atoms with Crippen molar-refractivity contribution in [3.63, 3.8) is 0 Å². The molecule has 1 aromatic rings. The van der Waals surface area contributed by atoms with Crippen LogP contribution < -0.4 is 5.73 Å². The van der Waals surface area contributed by atoms with Crippen molar-refractivity contribution < 1.29 is 9.18 Å². The zero-order chi connectivity index (χ0) is 12.4. The van der Waals surface area contributed by atoms with E-state index in [-0.39, 0.29) is 11.6 Å². The van der Waals surface area contributed by atoms with Gasteiger partial charge in [0.25, 0.3) is 5.91 Å². The summed E-state index contributed by atoms with van der Waals surface area (Å²) >= 11 is 0. The molecule has 0 heterocycles. The van der Waals surface area contributed by atoms with Crippen molar-refractivity contribution in [3.05, 3.63) is 29.6 Å². The Morgan fingerprint density at radius 3 is 2.76 bits per heavy atom. The Kier molecular flexibility index (Phi) is 3.31. The Hall–Kier alpha value is -1.58. The van der Waals surface area contributed by atoms with Crippen molar-refractivity contribution in [2.24, 2.45) is 0 Å². The Morgan fingerprint density at radius 2 is 2.24 bits per heavy atom. The van der Waals surface area contributed by atoms with Crippen LogP contribution in [0.3, 0.4) is 0 Å². The van der Waals surface area contributed by atoms with Gasteiger partial charge in [0.15, 0.2) is 0 Å². The second-order valence-corrected chi connectivity index (χ2v) is 4.47. The zero-order valence-corrected chi connectivity index (χ0v) is 9.95. The van der Waals surface area contributed by atoms with Crippen LogP contribution in [0.15, 0.2) is 18.2 Å². The van der Waals surface area contributed by atoms with Crippen LogP contribution in [-0.2, 0) is 0 Å². The summed E-state index contributed by atoms with van der Waals surface area (Å²) < 4.78 is 13.3. The van der Waals surface area contributed by atoms with Crippen molar-refractivity contribution in [2.75, 3.05) is 12.3 Å². The van der Waals surface area contributed by atoms with E-state index in [2.05, 4.69) is 0 Å². The van der Waals surface area contributed by atoms with Gasteiger partial charge in [0, 0.05) is 18.2 Å². The fourth-order valence-corrected chi connectivity index (χ4v) is 1.90. The summed E-state index contributed by atoms with van der Waals surface area (Å²) in [6, 6.07) is 4.61.